The molecule has 0 spiro atoms. The number of fused-ring (bicyclic) bond motifs is 1. The Balaban J connectivity index is 1.75. The minimum absolute atomic E-state index is 0.0699. The van der Waals surface area contributed by atoms with Gasteiger partial charge in [-0.3, -0.25) is 0 Å². The fourth-order valence-corrected chi connectivity index (χ4v) is 2.56. The minimum Gasteiger partial charge on any atom is -0.490 e. The normalized spacial score (nSPS) is 22.0. The maximum Gasteiger partial charge on any atom is 0.231 e. The highest BCUT2D eigenvalue weighted by atomic mass is 16.7. The Morgan fingerprint density at radius 3 is 2.85 bits per heavy atom. The molecule has 0 amide bonds. The number of nitrogens with two attached hydrogens (primary N) is 1. The van der Waals surface area contributed by atoms with Gasteiger partial charge in [-0.15, -0.1) is 0 Å². The van der Waals surface area contributed by atoms with Gasteiger partial charge < -0.3 is 24.7 Å². The van der Waals surface area contributed by atoms with Crippen LogP contribution in [0.1, 0.15) is 25.3 Å². The van der Waals surface area contributed by atoms with Crippen LogP contribution in [0, 0.1) is 0 Å². The zero-order valence-electron chi connectivity index (χ0n) is 11.8. The van der Waals surface area contributed by atoms with Gasteiger partial charge in [0.2, 0.25) is 6.79 Å². The summed E-state index contributed by atoms with van der Waals surface area (Å²) in [6.45, 7) is 3.66. The summed E-state index contributed by atoms with van der Waals surface area (Å²) in [5.41, 5.74) is 6.96. The van der Waals surface area contributed by atoms with Crippen molar-refractivity contribution >= 4 is 0 Å². The lowest BCUT2D eigenvalue weighted by Gasteiger charge is -2.16. The van der Waals surface area contributed by atoms with E-state index in [1.54, 1.807) is 0 Å². The molecular weight excluding hydrogens is 258 g/mol. The molecule has 2 heterocycles. The van der Waals surface area contributed by atoms with Crippen molar-refractivity contribution in [1.82, 2.24) is 0 Å². The first kappa shape index (κ1) is 13.5. The van der Waals surface area contributed by atoms with E-state index in [0.29, 0.717) is 6.61 Å². The van der Waals surface area contributed by atoms with E-state index in [4.69, 9.17) is 24.7 Å². The molecule has 2 unspecified atom stereocenters. The third-order valence-corrected chi connectivity index (χ3v) is 3.55. The highest BCUT2D eigenvalue weighted by molar-refractivity contribution is 5.52. The lowest BCUT2D eigenvalue weighted by Crippen LogP contribution is -2.20. The van der Waals surface area contributed by atoms with Crippen LogP contribution in [-0.4, -0.2) is 32.2 Å². The summed E-state index contributed by atoms with van der Waals surface area (Å²) in [7, 11) is 0. The van der Waals surface area contributed by atoms with E-state index < -0.39 is 0 Å². The zero-order chi connectivity index (χ0) is 13.9. The van der Waals surface area contributed by atoms with Crippen molar-refractivity contribution in [2.75, 3.05) is 20.0 Å². The van der Waals surface area contributed by atoms with Gasteiger partial charge in [0.15, 0.2) is 11.5 Å². The Kier molecular flexibility index (Phi) is 3.98. The molecule has 1 aromatic carbocycles. The molecule has 0 radical (unpaired) electrons. The van der Waals surface area contributed by atoms with E-state index in [2.05, 4.69) is 0 Å². The first-order valence-electron chi connectivity index (χ1n) is 7.15. The maximum atomic E-state index is 5.93. The smallest absolute Gasteiger partial charge is 0.231 e. The molecule has 20 heavy (non-hydrogen) atoms. The molecule has 0 saturated carbocycles. The predicted octanol–water partition coefficient (Wildman–Crippen LogP) is 1.86. The number of hydrogen-bond acceptors (Lipinski definition) is 5. The Morgan fingerprint density at radius 1 is 1.35 bits per heavy atom. The van der Waals surface area contributed by atoms with Gasteiger partial charge >= 0.3 is 0 Å². The quantitative estimate of drug-likeness (QED) is 0.891. The van der Waals surface area contributed by atoms with E-state index in [1.165, 1.54) is 0 Å². The molecule has 3 rings (SSSR count). The van der Waals surface area contributed by atoms with Gasteiger partial charge in [-0.2, -0.15) is 0 Å². The lowest BCUT2D eigenvalue weighted by atomic mass is 10.1. The van der Waals surface area contributed by atoms with Crippen molar-refractivity contribution in [1.29, 1.82) is 0 Å². The average Bonchev–Trinajstić information content (AvgIpc) is 3.05. The van der Waals surface area contributed by atoms with Crippen LogP contribution in [0.15, 0.2) is 12.1 Å². The first-order valence-corrected chi connectivity index (χ1v) is 7.15. The van der Waals surface area contributed by atoms with Gasteiger partial charge in [-0.25, -0.2) is 0 Å². The molecule has 110 valence electrons. The second-order valence-electron chi connectivity index (χ2n) is 5.44. The number of hydrogen-bond donors (Lipinski definition) is 1. The van der Waals surface area contributed by atoms with Crippen LogP contribution >= 0.6 is 0 Å². The summed E-state index contributed by atoms with van der Waals surface area (Å²) < 4.78 is 22.3. The van der Waals surface area contributed by atoms with Crippen molar-refractivity contribution in [2.45, 2.75) is 38.3 Å². The van der Waals surface area contributed by atoms with Crippen LogP contribution in [0.2, 0.25) is 0 Å². The molecule has 0 bridgehead atoms. The third kappa shape index (κ3) is 2.99. The van der Waals surface area contributed by atoms with Crippen LogP contribution in [0.4, 0.5) is 0 Å². The van der Waals surface area contributed by atoms with Gasteiger partial charge in [-0.1, -0.05) is 0 Å². The SMILES string of the molecule is CC(N)Cc1cc2c(cc1OCC1CCCO1)OCO2. The minimum atomic E-state index is 0.0699. The summed E-state index contributed by atoms with van der Waals surface area (Å²) in [6, 6.07) is 3.94. The molecule has 0 aromatic heterocycles. The van der Waals surface area contributed by atoms with E-state index >= 15 is 0 Å². The van der Waals surface area contributed by atoms with E-state index in [0.717, 1.165) is 48.7 Å². The third-order valence-electron chi connectivity index (χ3n) is 3.55. The van der Waals surface area contributed by atoms with E-state index in [-0.39, 0.29) is 18.9 Å². The van der Waals surface area contributed by atoms with Crippen LogP contribution < -0.4 is 19.9 Å². The van der Waals surface area contributed by atoms with Crippen LogP contribution in [-0.2, 0) is 11.2 Å². The second-order valence-corrected chi connectivity index (χ2v) is 5.44. The highest BCUT2D eigenvalue weighted by Crippen LogP contribution is 2.38. The number of rotatable bonds is 5. The predicted molar refractivity (Wildman–Crippen MR) is 74.4 cm³/mol. The van der Waals surface area contributed by atoms with Crippen molar-refractivity contribution < 1.29 is 18.9 Å². The van der Waals surface area contributed by atoms with Gasteiger partial charge in [0.25, 0.3) is 0 Å². The topological polar surface area (TPSA) is 62.9 Å². The van der Waals surface area contributed by atoms with Crippen LogP contribution in [0.5, 0.6) is 17.2 Å². The lowest BCUT2D eigenvalue weighted by molar-refractivity contribution is 0.0675. The van der Waals surface area contributed by atoms with Gasteiger partial charge in [0.05, 0.1) is 6.10 Å². The molecule has 2 aliphatic rings. The fraction of sp³-hybridized carbons (Fsp3) is 0.600. The van der Waals surface area contributed by atoms with Crippen molar-refractivity contribution in [3.63, 3.8) is 0 Å². The molecule has 2 N–H and O–H groups in total. The maximum absolute atomic E-state index is 5.93. The molecule has 1 aromatic rings. The first-order chi connectivity index (χ1) is 9.72. The average molecular weight is 279 g/mol. The molecule has 0 aliphatic carbocycles. The summed E-state index contributed by atoms with van der Waals surface area (Å²) in [6.07, 6.45) is 3.12. The van der Waals surface area contributed by atoms with Gasteiger partial charge in [-0.05, 0) is 37.8 Å². The van der Waals surface area contributed by atoms with Crippen molar-refractivity contribution in [3.05, 3.63) is 17.7 Å². The van der Waals surface area contributed by atoms with Gasteiger partial charge in [0, 0.05) is 18.7 Å². The zero-order valence-corrected chi connectivity index (χ0v) is 11.8. The Labute approximate surface area is 118 Å². The highest BCUT2D eigenvalue weighted by Gasteiger charge is 2.21. The number of benzene rings is 1. The largest absolute Gasteiger partial charge is 0.490 e. The summed E-state index contributed by atoms with van der Waals surface area (Å²) >= 11 is 0. The summed E-state index contributed by atoms with van der Waals surface area (Å²) in [4.78, 5) is 0. The molecule has 2 aliphatic heterocycles. The Bertz CT molecular complexity index is 469. The Hall–Kier alpha value is -1.46. The molecule has 5 nitrogen and oxygen atoms in total. The van der Waals surface area contributed by atoms with Crippen LogP contribution in [0.25, 0.3) is 0 Å². The molecule has 1 saturated heterocycles. The van der Waals surface area contributed by atoms with E-state index in [1.807, 2.05) is 19.1 Å². The van der Waals surface area contributed by atoms with E-state index in [9.17, 15) is 0 Å². The van der Waals surface area contributed by atoms with Gasteiger partial charge in [0.1, 0.15) is 12.4 Å². The second kappa shape index (κ2) is 5.89. The number of ether oxygens (including phenoxy) is 4. The standard InChI is InChI=1S/C15H21NO4/c1-10(16)5-11-6-14-15(20-9-19-14)7-13(11)18-8-12-3-2-4-17-12/h6-7,10,12H,2-5,8-9,16H2,1H3. The Morgan fingerprint density at radius 2 is 2.15 bits per heavy atom. The summed E-state index contributed by atoms with van der Waals surface area (Å²) in [5, 5.41) is 0. The molecule has 5 heteroatoms. The fourth-order valence-electron chi connectivity index (χ4n) is 2.56. The molecule has 2 atom stereocenters. The van der Waals surface area contributed by atoms with Crippen molar-refractivity contribution in [3.8, 4) is 17.2 Å². The molecular formula is C15H21NO4. The van der Waals surface area contributed by atoms with Crippen molar-refractivity contribution in [2.24, 2.45) is 5.73 Å². The van der Waals surface area contributed by atoms with Crippen LogP contribution in [0.3, 0.4) is 0 Å². The summed E-state index contributed by atoms with van der Waals surface area (Å²) in [5.74, 6) is 2.33. The molecule has 1 fully saturated rings. The monoisotopic (exact) mass is 279 g/mol.